The highest BCUT2D eigenvalue weighted by Crippen LogP contribution is 2.27. The van der Waals surface area contributed by atoms with E-state index in [1.807, 2.05) is 39.0 Å². The van der Waals surface area contributed by atoms with E-state index < -0.39 is 6.10 Å². The fourth-order valence-corrected chi connectivity index (χ4v) is 2.17. The molecule has 0 bridgehead atoms. The summed E-state index contributed by atoms with van der Waals surface area (Å²) >= 11 is 0. The van der Waals surface area contributed by atoms with Gasteiger partial charge in [0.1, 0.15) is 11.9 Å². The fourth-order valence-electron chi connectivity index (χ4n) is 2.17. The van der Waals surface area contributed by atoms with E-state index in [2.05, 4.69) is 0 Å². The first-order valence-corrected chi connectivity index (χ1v) is 6.00. The van der Waals surface area contributed by atoms with Gasteiger partial charge in [-0.15, -0.1) is 0 Å². The Kier molecular flexibility index (Phi) is 3.48. The molecule has 0 amide bonds. The Balaban J connectivity index is 2.47. The summed E-state index contributed by atoms with van der Waals surface area (Å²) < 4.78 is 13.8. The van der Waals surface area contributed by atoms with Gasteiger partial charge in [0.25, 0.3) is 0 Å². The molecular weight excluding hydrogens is 227 g/mol. The second-order valence-electron chi connectivity index (χ2n) is 4.79. The van der Waals surface area contributed by atoms with E-state index in [-0.39, 0.29) is 5.82 Å². The molecular formula is C16H17FO. The van der Waals surface area contributed by atoms with Crippen molar-refractivity contribution in [1.82, 2.24) is 0 Å². The lowest BCUT2D eigenvalue weighted by molar-refractivity contribution is 0.214. The van der Waals surface area contributed by atoms with Crippen LogP contribution in [0.15, 0.2) is 36.4 Å². The zero-order valence-corrected chi connectivity index (χ0v) is 10.9. The Bertz CT molecular complexity index is 575. The molecule has 2 heteroatoms. The van der Waals surface area contributed by atoms with Gasteiger partial charge in [-0.3, -0.25) is 0 Å². The largest absolute Gasteiger partial charge is 0.384 e. The van der Waals surface area contributed by atoms with Gasteiger partial charge in [-0.25, -0.2) is 4.39 Å². The molecule has 94 valence electrons. The molecule has 1 nitrogen and oxygen atoms in total. The molecule has 1 atom stereocenters. The molecule has 0 aliphatic heterocycles. The van der Waals surface area contributed by atoms with Crippen molar-refractivity contribution < 1.29 is 9.50 Å². The number of aliphatic hydroxyl groups excluding tert-OH is 1. The van der Waals surface area contributed by atoms with Gasteiger partial charge in [0.2, 0.25) is 0 Å². The minimum absolute atomic E-state index is 0.335. The number of hydrogen-bond donors (Lipinski definition) is 1. The minimum Gasteiger partial charge on any atom is -0.384 e. The minimum atomic E-state index is -0.912. The molecule has 1 unspecified atom stereocenters. The molecule has 0 radical (unpaired) electrons. The topological polar surface area (TPSA) is 20.2 Å². The highest BCUT2D eigenvalue weighted by Gasteiger charge is 2.16. The monoisotopic (exact) mass is 244 g/mol. The molecule has 0 spiro atoms. The first-order valence-electron chi connectivity index (χ1n) is 6.00. The van der Waals surface area contributed by atoms with Crippen molar-refractivity contribution in [3.05, 3.63) is 70.0 Å². The summed E-state index contributed by atoms with van der Waals surface area (Å²) in [7, 11) is 0. The highest BCUT2D eigenvalue weighted by molar-refractivity contribution is 5.39. The van der Waals surface area contributed by atoms with E-state index in [0.29, 0.717) is 5.56 Å². The Hall–Kier alpha value is -1.67. The number of aryl methyl sites for hydroxylation is 3. The van der Waals surface area contributed by atoms with Gasteiger partial charge in [0.15, 0.2) is 0 Å². The lowest BCUT2D eigenvalue weighted by atomic mass is 9.95. The first-order chi connectivity index (χ1) is 8.49. The van der Waals surface area contributed by atoms with Crippen LogP contribution in [0, 0.1) is 26.6 Å². The van der Waals surface area contributed by atoms with Crippen LogP contribution >= 0.6 is 0 Å². The van der Waals surface area contributed by atoms with Crippen molar-refractivity contribution in [2.24, 2.45) is 0 Å². The van der Waals surface area contributed by atoms with Gasteiger partial charge in [0.05, 0.1) is 0 Å². The molecule has 0 aliphatic rings. The van der Waals surface area contributed by atoms with Crippen LogP contribution < -0.4 is 0 Å². The van der Waals surface area contributed by atoms with Crippen LogP contribution in [0.5, 0.6) is 0 Å². The standard InChI is InChI=1S/C16H17FO/c1-10-4-6-13(12(3)8-10)16(18)14-9-11(2)5-7-15(14)17/h4-9,16,18H,1-3H3. The number of benzene rings is 2. The lowest BCUT2D eigenvalue weighted by Gasteiger charge is -2.16. The Labute approximate surface area is 107 Å². The molecule has 18 heavy (non-hydrogen) atoms. The highest BCUT2D eigenvalue weighted by atomic mass is 19.1. The summed E-state index contributed by atoms with van der Waals surface area (Å²) in [6, 6.07) is 10.6. The Morgan fingerprint density at radius 3 is 2.17 bits per heavy atom. The summed E-state index contributed by atoms with van der Waals surface area (Å²) in [5, 5.41) is 10.3. The molecule has 1 N–H and O–H groups in total. The summed E-state index contributed by atoms with van der Waals surface area (Å²) in [5.74, 6) is -0.368. The SMILES string of the molecule is Cc1ccc(C(O)c2cc(C)ccc2F)c(C)c1. The third kappa shape index (κ3) is 2.44. The zero-order chi connectivity index (χ0) is 13.3. The van der Waals surface area contributed by atoms with E-state index >= 15 is 0 Å². The van der Waals surface area contributed by atoms with Crippen molar-refractivity contribution in [2.75, 3.05) is 0 Å². The van der Waals surface area contributed by atoms with Gasteiger partial charge in [-0.05, 0) is 38.0 Å². The smallest absolute Gasteiger partial charge is 0.129 e. The molecule has 0 aromatic heterocycles. The van der Waals surface area contributed by atoms with Crippen LogP contribution in [0.25, 0.3) is 0 Å². The maximum absolute atomic E-state index is 13.8. The van der Waals surface area contributed by atoms with E-state index in [9.17, 15) is 9.50 Å². The average Bonchev–Trinajstić information content (AvgIpc) is 2.31. The van der Waals surface area contributed by atoms with Crippen LogP contribution in [0.3, 0.4) is 0 Å². The third-order valence-electron chi connectivity index (χ3n) is 3.17. The number of aliphatic hydroxyl groups is 1. The maximum Gasteiger partial charge on any atom is 0.129 e. The summed E-state index contributed by atoms with van der Waals surface area (Å²) in [6.45, 7) is 5.81. The second-order valence-corrected chi connectivity index (χ2v) is 4.79. The molecule has 0 saturated carbocycles. The quantitative estimate of drug-likeness (QED) is 0.851. The van der Waals surface area contributed by atoms with Crippen molar-refractivity contribution in [3.8, 4) is 0 Å². The number of rotatable bonds is 2. The molecule has 2 rings (SSSR count). The van der Waals surface area contributed by atoms with E-state index in [1.165, 1.54) is 6.07 Å². The molecule has 0 fully saturated rings. The van der Waals surface area contributed by atoms with Gasteiger partial charge >= 0.3 is 0 Å². The summed E-state index contributed by atoms with van der Waals surface area (Å²) in [6.07, 6.45) is -0.912. The predicted octanol–water partition coefficient (Wildman–Crippen LogP) is 3.83. The predicted molar refractivity (Wildman–Crippen MR) is 71.1 cm³/mol. The Morgan fingerprint density at radius 2 is 1.50 bits per heavy atom. The number of hydrogen-bond acceptors (Lipinski definition) is 1. The summed E-state index contributed by atoms with van der Waals surface area (Å²) in [4.78, 5) is 0. The zero-order valence-electron chi connectivity index (χ0n) is 10.9. The molecule has 0 aliphatic carbocycles. The van der Waals surface area contributed by atoms with Crippen molar-refractivity contribution in [2.45, 2.75) is 26.9 Å². The molecule has 0 saturated heterocycles. The average molecular weight is 244 g/mol. The number of halogens is 1. The van der Waals surface area contributed by atoms with Crippen molar-refractivity contribution in [1.29, 1.82) is 0 Å². The van der Waals surface area contributed by atoms with Crippen molar-refractivity contribution in [3.63, 3.8) is 0 Å². The van der Waals surface area contributed by atoms with Gasteiger partial charge in [-0.2, -0.15) is 0 Å². The van der Waals surface area contributed by atoms with Crippen LogP contribution in [-0.4, -0.2) is 5.11 Å². The molecule has 2 aromatic carbocycles. The Morgan fingerprint density at radius 1 is 0.889 bits per heavy atom. The van der Waals surface area contributed by atoms with Gasteiger partial charge in [-0.1, -0.05) is 41.5 Å². The van der Waals surface area contributed by atoms with E-state index in [0.717, 1.165) is 22.3 Å². The molecule has 2 aromatic rings. The third-order valence-corrected chi connectivity index (χ3v) is 3.17. The summed E-state index contributed by atoms with van der Waals surface area (Å²) in [5.41, 5.74) is 4.14. The molecule has 0 heterocycles. The van der Waals surface area contributed by atoms with Crippen LogP contribution in [0.2, 0.25) is 0 Å². The van der Waals surface area contributed by atoms with Gasteiger partial charge < -0.3 is 5.11 Å². The maximum atomic E-state index is 13.8. The van der Waals surface area contributed by atoms with Crippen LogP contribution in [-0.2, 0) is 0 Å². The van der Waals surface area contributed by atoms with E-state index in [4.69, 9.17) is 0 Å². The van der Waals surface area contributed by atoms with E-state index in [1.54, 1.807) is 12.1 Å². The van der Waals surface area contributed by atoms with Gasteiger partial charge in [0, 0.05) is 5.56 Å². The van der Waals surface area contributed by atoms with Crippen LogP contribution in [0.1, 0.15) is 33.9 Å². The normalized spacial score (nSPS) is 12.5. The fraction of sp³-hybridized carbons (Fsp3) is 0.250. The lowest BCUT2D eigenvalue weighted by Crippen LogP contribution is -2.05. The second kappa shape index (κ2) is 4.91. The van der Waals surface area contributed by atoms with Crippen LogP contribution in [0.4, 0.5) is 4.39 Å². The van der Waals surface area contributed by atoms with Crippen molar-refractivity contribution >= 4 is 0 Å². The first kappa shape index (κ1) is 12.8.